The summed E-state index contributed by atoms with van der Waals surface area (Å²) in [5.74, 6) is 0.172. The molecule has 2 N–H and O–H groups in total. The maximum atomic E-state index is 12.1. The summed E-state index contributed by atoms with van der Waals surface area (Å²) in [5, 5.41) is 10.0. The monoisotopic (exact) mass is 272 g/mol. The molecule has 4 heteroatoms. The van der Waals surface area contributed by atoms with Gasteiger partial charge in [0.25, 0.3) is 5.56 Å². The molecule has 0 fully saturated rings. The average Bonchev–Trinajstić information content (AvgIpc) is 2.25. The number of nitrogens with zero attached hydrogens (tertiary/aromatic N) is 1. The van der Waals surface area contributed by atoms with E-state index in [9.17, 15) is 9.90 Å². The van der Waals surface area contributed by atoms with Crippen molar-refractivity contribution in [3.05, 3.63) is 44.7 Å². The molecule has 0 saturated heterocycles. The van der Waals surface area contributed by atoms with Crippen molar-refractivity contribution in [3.8, 4) is 17.3 Å². The Hall–Kier alpha value is -2.10. The SMILES string of the molecule is Cc1cc(C)c(-c2nc(O)c(C(C)C)c(=O)[nH]2)c(C)c1. The summed E-state index contributed by atoms with van der Waals surface area (Å²) in [6, 6.07) is 4.07. The lowest BCUT2D eigenvalue weighted by molar-refractivity contribution is 0.440. The minimum atomic E-state index is -0.276. The molecule has 20 heavy (non-hydrogen) atoms. The summed E-state index contributed by atoms with van der Waals surface area (Å²) in [7, 11) is 0. The van der Waals surface area contributed by atoms with E-state index in [0.717, 1.165) is 22.3 Å². The van der Waals surface area contributed by atoms with E-state index >= 15 is 0 Å². The van der Waals surface area contributed by atoms with Gasteiger partial charge in [-0.1, -0.05) is 31.5 Å². The first kappa shape index (κ1) is 14.3. The van der Waals surface area contributed by atoms with Crippen LogP contribution in [0.15, 0.2) is 16.9 Å². The Morgan fingerprint density at radius 3 is 2.15 bits per heavy atom. The first-order valence-electron chi connectivity index (χ1n) is 6.72. The fourth-order valence-electron chi connectivity index (χ4n) is 2.66. The van der Waals surface area contributed by atoms with Crippen molar-refractivity contribution in [2.45, 2.75) is 40.5 Å². The molecular weight excluding hydrogens is 252 g/mol. The predicted molar refractivity (Wildman–Crippen MR) is 80.3 cm³/mol. The highest BCUT2D eigenvalue weighted by Crippen LogP contribution is 2.27. The van der Waals surface area contributed by atoms with Crippen molar-refractivity contribution in [1.29, 1.82) is 0 Å². The summed E-state index contributed by atoms with van der Waals surface area (Å²) in [6.45, 7) is 9.69. The standard InChI is InChI=1S/C16H20N2O2/c1-8(2)12-15(19)17-14(18-16(12)20)13-10(4)6-9(3)7-11(13)5/h6-8H,1-5H3,(H2,17,18,19,20). The summed E-state index contributed by atoms with van der Waals surface area (Å²) >= 11 is 0. The molecule has 106 valence electrons. The van der Waals surface area contributed by atoms with Crippen molar-refractivity contribution in [3.63, 3.8) is 0 Å². The predicted octanol–water partition coefficient (Wildman–Crippen LogP) is 3.19. The molecule has 0 bridgehead atoms. The number of aromatic nitrogens is 2. The number of aryl methyl sites for hydroxylation is 3. The van der Waals surface area contributed by atoms with Crippen LogP contribution in [0.2, 0.25) is 0 Å². The zero-order valence-corrected chi connectivity index (χ0v) is 12.5. The van der Waals surface area contributed by atoms with Crippen molar-refractivity contribution in [2.75, 3.05) is 0 Å². The van der Waals surface area contributed by atoms with E-state index in [1.807, 2.05) is 46.8 Å². The molecule has 2 rings (SSSR count). The van der Waals surface area contributed by atoms with Crippen LogP contribution >= 0.6 is 0 Å². The molecule has 0 saturated carbocycles. The van der Waals surface area contributed by atoms with Gasteiger partial charge in [0, 0.05) is 5.56 Å². The van der Waals surface area contributed by atoms with Crippen LogP contribution in [0.4, 0.5) is 0 Å². The van der Waals surface area contributed by atoms with Gasteiger partial charge >= 0.3 is 0 Å². The van der Waals surface area contributed by atoms with Gasteiger partial charge in [0.15, 0.2) is 0 Å². The number of nitrogens with one attached hydrogen (secondary N) is 1. The molecule has 0 amide bonds. The molecule has 0 unspecified atom stereocenters. The Kier molecular flexibility index (Phi) is 3.66. The Morgan fingerprint density at radius 2 is 1.70 bits per heavy atom. The van der Waals surface area contributed by atoms with Gasteiger partial charge in [-0.05, 0) is 37.8 Å². The van der Waals surface area contributed by atoms with E-state index in [1.54, 1.807) is 0 Å². The van der Waals surface area contributed by atoms with Crippen molar-refractivity contribution in [1.82, 2.24) is 9.97 Å². The Bertz CT molecular complexity index is 692. The van der Waals surface area contributed by atoms with Crippen LogP contribution in [-0.4, -0.2) is 15.1 Å². The first-order valence-corrected chi connectivity index (χ1v) is 6.72. The highest BCUT2D eigenvalue weighted by atomic mass is 16.3. The highest BCUT2D eigenvalue weighted by Gasteiger charge is 2.16. The second-order valence-corrected chi connectivity index (χ2v) is 5.58. The topological polar surface area (TPSA) is 66.0 Å². The molecule has 0 spiro atoms. The lowest BCUT2D eigenvalue weighted by Gasteiger charge is -2.13. The van der Waals surface area contributed by atoms with E-state index in [0.29, 0.717) is 11.4 Å². The summed E-state index contributed by atoms with van der Waals surface area (Å²) in [5.41, 5.74) is 4.15. The van der Waals surface area contributed by atoms with Crippen molar-refractivity contribution in [2.24, 2.45) is 0 Å². The Labute approximate surface area is 118 Å². The lowest BCUT2D eigenvalue weighted by Crippen LogP contribution is -2.16. The van der Waals surface area contributed by atoms with Crippen LogP contribution in [0.3, 0.4) is 0 Å². The van der Waals surface area contributed by atoms with Crippen molar-refractivity contribution < 1.29 is 5.11 Å². The van der Waals surface area contributed by atoms with Crippen LogP contribution < -0.4 is 5.56 Å². The van der Waals surface area contributed by atoms with Gasteiger partial charge in [-0.25, -0.2) is 0 Å². The third kappa shape index (κ3) is 2.46. The zero-order chi connectivity index (χ0) is 15.0. The second kappa shape index (κ2) is 5.12. The molecule has 4 nitrogen and oxygen atoms in total. The van der Waals surface area contributed by atoms with E-state index in [-0.39, 0.29) is 17.4 Å². The molecule has 1 aromatic heterocycles. The van der Waals surface area contributed by atoms with Gasteiger partial charge in [-0.3, -0.25) is 4.79 Å². The molecule has 1 heterocycles. The highest BCUT2D eigenvalue weighted by molar-refractivity contribution is 5.65. The maximum absolute atomic E-state index is 12.1. The van der Waals surface area contributed by atoms with E-state index in [4.69, 9.17) is 0 Å². The number of benzene rings is 1. The van der Waals surface area contributed by atoms with Gasteiger partial charge in [-0.15, -0.1) is 0 Å². The number of hydrogen-bond donors (Lipinski definition) is 2. The summed E-state index contributed by atoms with van der Waals surface area (Å²) in [6.07, 6.45) is 0. The Morgan fingerprint density at radius 1 is 1.15 bits per heavy atom. The number of rotatable bonds is 2. The van der Waals surface area contributed by atoms with Gasteiger partial charge in [0.05, 0.1) is 5.56 Å². The minimum Gasteiger partial charge on any atom is -0.493 e. The molecule has 1 aromatic carbocycles. The fourth-order valence-corrected chi connectivity index (χ4v) is 2.66. The number of aromatic hydroxyl groups is 1. The molecule has 0 atom stereocenters. The van der Waals surface area contributed by atoms with Crippen LogP contribution in [0.1, 0.15) is 42.0 Å². The lowest BCUT2D eigenvalue weighted by atomic mass is 9.99. The average molecular weight is 272 g/mol. The molecule has 0 aliphatic rings. The Balaban J connectivity index is 2.70. The van der Waals surface area contributed by atoms with Crippen molar-refractivity contribution >= 4 is 0 Å². The third-order valence-electron chi connectivity index (χ3n) is 3.43. The van der Waals surface area contributed by atoms with Gasteiger partial charge in [0.2, 0.25) is 5.88 Å². The van der Waals surface area contributed by atoms with Crippen LogP contribution in [-0.2, 0) is 0 Å². The number of hydrogen-bond acceptors (Lipinski definition) is 3. The van der Waals surface area contributed by atoms with Crippen LogP contribution in [0.5, 0.6) is 5.88 Å². The third-order valence-corrected chi connectivity index (χ3v) is 3.43. The normalized spacial score (nSPS) is 11.1. The maximum Gasteiger partial charge on any atom is 0.258 e. The smallest absolute Gasteiger partial charge is 0.258 e. The first-order chi connectivity index (χ1) is 9.31. The van der Waals surface area contributed by atoms with E-state index in [1.165, 1.54) is 0 Å². The summed E-state index contributed by atoms with van der Waals surface area (Å²) in [4.78, 5) is 19.1. The van der Waals surface area contributed by atoms with Crippen LogP contribution in [0, 0.1) is 20.8 Å². The van der Waals surface area contributed by atoms with E-state index in [2.05, 4.69) is 9.97 Å². The van der Waals surface area contributed by atoms with Gasteiger partial charge in [-0.2, -0.15) is 4.98 Å². The molecular formula is C16H20N2O2. The molecule has 0 radical (unpaired) electrons. The number of aromatic amines is 1. The van der Waals surface area contributed by atoms with Gasteiger partial charge < -0.3 is 10.1 Å². The van der Waals surface area contributed by atoms with Crippen LogP contribution in [0.25, 0.3) is 11.4 Å². The minimum absolute atomic E-state index is 0.0690. The number of H-pyrrole nitrogens is 1. The summed E-state index contributed by atoms with van der Waals surface area (Å²) < 4.78 is 0. The van der Waals surface area contributed by atoms with Gasteiger partial charge in [0.1, 0.15) is 5.82 Å². The molecule has 0 aliphatic heterocycles. The van der Waals surface area contributed by atoms with E-state index < -0.39 is 0 Å². The quantitative estimate of drug-likeness (QED) is 0.882. The fraction of sp³-hybridized carbons (Fsp3) is 0.375. The second-order valence-electron chi connectivity index (χ2n) is 5.58. The largest absolute Gasteiger partial charge is 0.493 e. The zero-order valence-electron chi connectivity index (χ0n) is 12.5. The molecule has 0 aliphatic carbocycles. The molecule has 2 aromatic rings.